The van der Waals surface area contributed by atoms with Crippen LogP contribution < -0.4 is 15.0 Å². The van der Waals surface area contributed by atoms with Gasteiger partial charge in [-0.2, -0.15) is 0 Å². The van der Waals surface area contributed by atoms with Crippen LogP contribution in [0.4, 0.5) is 5.69 Å². The molecule has 0 bridgehead atoms. The molecule has 6 heteroatoms. The number of para-hydroxylation sites is 1. The van der Waals surface area contributed by atoms with E-state index in [1.54, 1.807) is 13.3 Å². The number of pyridine rings is 1. The summed E-state index contributed by atoms with van der Waals surface area (Å²) in [5.74, 6) is 0.783. The fraction of sp³-hybridized carbons (Fsp3) is 0.357. The number of halogens is 2. The van der Waals surface area contributed by atoms with Crippen molar-refractivity contribution in [2.45, 2.75) is 0 Å². The quantitative estimate of drug-likeness (QED) is 0.925. The summed E-state index contributed by atoms with van der Waals surface area (Å²) in [6.07, 6.45) is 1.71. The van der Waals surface area contributed by atoms with Gasteiger partial charge in [-0.15, -0.1) is 12.4 Å². The molecule has 1 saturated heterocycles. The molecule has 0 saturated carbocycles. The molecule has 20 heavy (non-hydrogen) atoms. The van der Waals surface area contributed by atoms with Crippen molar-refractivity contribution in [3.63, 3.8) is 0 Å². The van der Waals surface area contributed by atoms with Crippen molar-refractivity contribution in [3.05, 3.63) is 29.4 Å². The maximum Gasteiger partial charge on any atom is 0.145 e. The highest BCUT2D eigenvalue weighted by Gasteiger charge is 2.18. The second kappa shape index (κ2) is 6.48. The number of nitrogens with one attached hydrogen (secondary N) is 1. The number of aromatic nitrogens is 1. The number of fused-ring (bicyclic) bond motifs is 1. The lowest BCUT2D eigenvalue weighted by Crippen LogP contribution is -2.43. The van der Waals surface area contributed by atoms with E-state index in [1.165, 1.54) is 0 Å². The molecule has 108 valence electrons. The highest BCUT2D eigenvalue weighted by atomic mass is 35.5. The summed E-state index contributed by atoms with van der Waals surface area (Å²) < 4.78 is 5.37. The summed E-state index contributed by atoms with van der Waals surface area (Å²) >= 11 is 6.37. The summed E-state index contributed by atoms with van der Waals surface area (Å²) in [5, 5.41) is 5.10. The summed E-state index contributed by atoms with van der Waals surface area (Å²) in [4.78, 5) is 6.72. The predicted molar refractivity (Wildman–Crippen MR) is 85.6 cm³/mol. The Balaban J connectivity index is 0.00000147. The van der Waals surface area contributed by atoms with Crippen LogP contribution in [0.5, 0.6) is 5.75 Å². The average Bonchev–Trinajstić information content (AvgIpc) is 2.47. The fourth-order valence-corrected chi connectivity index (χ4v) is 2.80. The number of piperazine rings is 1. The Hall–Kier alpha value is -1.23. The Morgan fingerprint density at radius 1 is 1.30 bits per heavy atom. The Bertz CT molecular complexity index is 600. The molecular formula is C14H17Cl2N3O. The molecule has 4 nitrogen and oxygen atoms in total. The molecule has 0 aliphatic carbocycles. The lowest BCUT2D eigenvalue weighted by molar-refractivity contribution is 0.419. The van der Waals surface area contributed by atoms with Crippen LogP contribution >= 0.6 is 24.0 Å². The second-order valence-corrected chi connectivity index (χ2v) is 4.96. The maximum absolute atomic E-state index is 6.37. The lowest BCUT2D eigenvalue weighted by Gasteiger charge is -2.31. The molecule has 1 aliphatic rings. The Kier molecular flexibility index (Phi) is 4.91. The summed E-state index contributed by atoms with van der Waals surface area (Å²) in [6, 6.07) is 5.95. The fourth-order valence-electron chi connectivity index (χ4n) is 2.53. The van der Waals surface area contributed by atoms with Gasteiger partial charge in [-0.05, 0) is 6.07 Å². The van der Waals surface area contributed by atoms with Crippen molar-refractivity contribution >= 4 is 40.6 Å². The van der Waals surface area contributed by atoms with E-state index >= 15 is 0 Å². The van der Waals surface area contributed by atoms with Gasteiger partial charge in [-0.25, -0.2) is 0 Å². The summed E-state index contributed by atoms with van der Waals surface area (Å²) in [6.45, 7) is 3.86. The van der Waals surface area contributed by atoms with Gasteiger partial charge in [0.25, 0.3) is 0 Å². The van der Waals surface area contributed by atoms with Crippen molar-refractivity contribution in [3.8, 4) is 5.75 Å². The summed E-state index contributed by atoms with van der Waals surface area (Å²) in [7, 11) is 1.66. The van der Waals surface area contributed by atoms with E-state index in [0.717, 1.165) is 48.5 Å². The number of ether oxygens (including phenoxy) is 1. The van der Waals surface area contributed by atoms with E-state index in [-0.39, 0.29) is 12.4 Å². The third-order valence-corrected chi connectivity index (χ3v) is 3.72. The molecule has 1 fully saturated rings. The van der Waals surface area contributed by atoms with Crippen LogP contribution in [0, 0.1) is 0 Å². The molecule has 1 aliphatic heterocycles. The highest BCUT2D eigenvalue weighted by molar-refractivity contribution is 6.34. The molecule has 0 spiro atoms. The van der Waals surface area contributed by atoms with E-state index in [1.807, 2.05) is 18.2 Å². The SMILES string of the molecule is COc1cccc2c(N3CCNCC3)c(Cl)cnc12.Cl. The highest BCUT2D eigenvalue weighted by Crippen LogP contribution is 2.36. The molecule has 0 atom stereocenters. The van der Waals surface area contributed by atoms with Crippen LogP contribution in [0.1, 0.15) is 0 Å². The Labute approximate surface area is 129 Å². The lowest BCUT2D eigenvalue weighted by atomic mass is 10.1. The standard InChI is InChI=1S/C14H16ClN3O.ClH/c1-19-12-4-2-3-10-13(12)17-9-11(15)14(10)18-7-5-16-6-8-18;/h2-4,9,16H,5-8H2,1H3;1H. The van der Waals surface area contributed by atoms with E-state index in [2.05, 4.69) is 15.2 Å². The molecule has 3 rings (SSSR count). The van der Waals surface area contributed by atoms with Crippen LogP contribution in [-0.2, 0) is 0 Å². The molecule has 0 radical (unpaired) electrons. The zero-order chi connectivity index (χ0) is 13.2. The predicted octanol–water partition coefficient (Wildman–Crippen LogP) is 2.73. The van der Waals surface area contributed by atoms with Crippen LogP contribution in [-0.4, -0.2) is 38.3 Å². The van der Waals surface area contributed by atoms with E-state index in [9.17, 15) is 0 Å². The number of anilines is 1. The monoisotopic (exact) mass is 313 g/mol. The zero-order valence-corrected chi connectivity index (χ0v) is 12.8. The van der Waals surface area contributed by atoms with Crippen molar-refractivity contribution in [2.75, 3.05) is 38.2 Å². The van der Waals surface area contributed by atoms with Gasteiger partial charge in [0.05, 0.1) is 17.8 Å². The topological polar surface area (TPSA) is 37.4 Å². The van der Waals surface area contributed by atoms with Crippen molar-refractivity contribution < 1.29 is 4.74 Å². The number of methoxy groups -OCH3 is 1. The largest absolute Gasteiger partial charge is 0.494 e. The average molecular weight is 314 g/mol. The first-order chi connectivity index (χ1) is 9.31. The summed E-state index contributed by atoms with van der Waals surface area (Å²) in [5.41, 5.74) is 1.93. The van der Waals surface area contributed by atoms with Crippen LogP contribution in [0.25, 0.3) is 10.9 Å². The normalized spacial score (nSPS) is 15.0. The third kappa shape index (κ3) is 2.64. The minimum Gasteiger partial charge on any atom is -0.494 e. The van der Waals surface area contributed by atoms with Gasteiger partial charge in [0, 0.05) is 37.8 Å². The van der Waals surface area contributed by atoms with Gasteiger partial charge in [0.15, 0.2) is 0 Å². The zero-order valence-electron chi connectivity index (χ0n) is 11.2. The van der Waals surface area contributed by atoms with Gasteiger partial charge in [-0.3, -0.25) is 4.98 Å². The van der Waals surface area contributed by atoms with Gasteiger partial charge in [0.2, 0.25) is 0 Å². The van der Waals surface area contributed by atoms with Crippen molar-refractivity contribution in [1.82, 2.24) is 10.3 Å². The van der Waals surface area contributed by atoms with Crippen molar-refractivity contribution in [2.24, 2.45) is 0 Å². The smallest absolute Gasteiger partial charge is 0.145 e. The van der Waals surface area contributed by atoms with E-state index < -0.39 is 0 Å². The van der Waals surface area contributed by atoms with Gasteiger partial charge >= 0.3 is 0 Å². The molecular weight excluding hydrogens is 297 g/mol. The third-order valence-electron chi connectivity index (χ3n) is 3.44. The van der Waals surface area contributed by atoms with E-state index in [4.69, 9.17) is 16.3 Å². The first kappa shape index (κ1) is 15.2. The van der Waals surface area contributed by atoms with E-state index in [0.29, 0.717) is 5.02 Å². The van der Waals surface area contributed by atoms with Crippen LogP contribution in [0.2, 0.25) is 5.02 Å². The number of rotatable bonds is 2. The minimum atomic E-state index is 0. The molecule has 1 aromatic heterocycles. The van der Waals surface area contributed by atoms with Gasteiger partial charge in [-0.1, -0.05) is 23.7 Å². The van der Waals surface area contributed by atoms with Gasteiger partial charge < -0.3 is 15.0 Å². The Morgan fingerprint density at radius 2 is 2.05 bits per heavy atom. The van der Waals surface area contributed by atoms with Crippen molar-refractivity contribution in [1.29, 1.82) is 0 Å². The van der Waals surface area contributed by atoms with Crippen LogP contribution in [0.15, 0.2) is 24.4 Å². The number of nitrogens with zero attached hydrogens (tertiary/aromatic N) is 2. The first-order valence-corrected chi connectivity index (χ1v) is 6.76. The number of benzene rings is 1. The maximum atomic E-state index is 6.37. The second-order valence-electron chi connectivity index (χ2n) is 4.55. The first-order valence-electron chi connectivity index (χ1n) is 6.38. The number of hydrogen-bond acceptors (Lipinski definition) is 4. The number of hydrogen-bond donors (Lipinski definition) is 1. The molecule has 0 amide bonds. The van der Waals surface area contributed by atoms with Crippen LogP contribution in [0.3, 0.4) is 0 Å². The Morgan fingerprint density at radius 3 is 2.75 bits per heavy atom. The minimum absolute atomic E-state index is 0. The van der Waals surface area contributed by atoms with Gasteiger partial charge in [0.1, 0.15) is 11.3 Å². The molecule has 2 aromatic rings. The molecule has 2 heterocycles. The molecule has 1 N–H and O–H groups in total. The molecule has 0 unspecified atom stereocenters. The molecule has 1 aromatic carbocycles.